The SMILES string of the molecule is CC(C)[C@H](NC(=O)C(NC(=O)OCC1c2ccccc2-c2ccccc21)c1ccccc1)C(=O)O. The van der Waals surface area contributed by atoms with Gasteiger partial charge < -0.3 is 20.5 Å². The van der Waals surface area contributed by atoms with Crippen LogP contribution in [0.15, 0.2) is 78.9 Å². The normalized spacial score (nSPS) is 13.9. The number of amides is 2. The van der Waals surface area contributed by atoms with E-state index in [9.17, 15) is 19.5 Å². The topological polar surface area (TPSA) is 105 Å². The number of carbonyl (C=O) groups excluding carboxylic acids is 2. The molecule has 4 rings (SSSR count). The van der Waals surface area contributed by atoms with E-state index in [-0.39, 0.29) is 18.4 Å². The van der Waals surface area contributed by atoms with E-state index in [1.54, 1.807) is 44.2 Å². The van der Waals surface area contributed by atoms with Crippen LogP contribution < -0.4 is 10.6 Å². The van der Waals surface area contributed by atoms with Crippen LogP contribution in [0, 0.1) is 5.92 Å². The molecule has 35 heavy (non-hydrogen) atoms. The van der Waals surface area contributed by atoms with Crippen LogP contribution in [0.1, 0.15) is 42.5 Å². The summed E-state index contributed by atoms with van der Waals surface area (Å²) in [7, 11) is 0. The molecule has 2 atom stereocenters. The van der Waals surface area contributed by atoms with Crippen molar-refractivity contribution in [1.29, 1.82) is 0 Å². The number of benzene rings is 3. The molecule has 7 heteroatoms. The highest BCUT2D eigenvalue weighted by molar-refractivity contribution is 5.90. The first kappa shape index (κ1) is 24.0. The number of hydrogen-bond acceptors (Lipinski definition) is 4. The van der Waals surface area contributed by atoms with Gasteiger partial charge in [-0.05, 0) is 33.7 Å². The molecule has 3 aromatic rings. The lowest BCUT2D eigenvalue weighted by Crippen LogP contribution is -2.49. The Morgan fingerprint density at radius 1 is 0.829 bits per heavy atom. The first-order valence-corrected chi connectivity index (χ1v) is 11.6. The van der Waals surface area contributed by atoms with Gasteiger partial charge in [0.05, 0.1) is 0 Å². The number of alkyl carbamates (subject to hydrolysis) is 1. The maximum atomic E-state index is 13.0. The summed E-state index contributed by atoms with van der Waals surface area (Å²) in [4.78, 5) is 37.5. The largest absolute Gasteiger partial charge is 0.480 e. The van der Waals surface area contributed by atoms with E-state index in [4.69, 9.17) is 4.74 Å². The van der Waals surface area contributed by atoms with Crippen LogP contribution in [0.5, 0.6) is 0 Å². The molecule has 0 saturated heterocycles. The van der Waals surface area contributed by atoms with Crippen LogP contribution in [0.3, 0.4) is 0 Å². The average Bonchev–Trinajstić information content (AvgIpc) is 3.18. The number of carboxylic acid groups (broad SMARTS) is 1. The monoisotopic (exact) mass is 472 g/mol. The molecule has 0 saturated carbocycles. The summed E-state index contributed by atoms with van der Waals surface area (Å²) in [5.41, 5.74) is 4.92. The molecule has 180 valence electrons. The Hall–Kier alpha value is -4.13. The first-order chi connectivity index (χ1) is 16.9. The number of ether oxygens (including phenoxy) is 1. The predicted octanol–water partition coefficient (Wildman–Crippen LogP) is 4.49. The molecule has 0 spiro atoms. The summed E-state index contributed by atoms with van der Waals surface area (Å²) in [6.45, 7) is 3.51. The first-order valence-electron chi connectivity index (χ1n) is 11.6. The Balaban J connectivity index is 1.49. The van der Waals surface area contributed by atoms with E-state index in [2.05, 4.69) is 22.8 Å². The van der Waals surface area contributed by atoms with Crippen molar-refractivity contribution in [3.63, 3.8) is 0 Å². The molecular formula is C28H28N2O5. The Labute approximate surface area is 204 Å². The molecule has 0 radical (unpaired) electrons. The quantitative estimate of drug-likeness (QED) is 0.448. The third-order valence-electron chi connectivity index (χ3n) is 6.23. The van der Waals surface area contributed by atoms with Crippen molar-refractivity contribution in [3.05, 3.63) is 95.6 Å². The average molecular weight is 473 g/mol. The molecule has 0 aromatic heterocycles. The fourth-order valence-corrected chi connectivity index (χ4v) is 4.45. The molecule has 3 aromatic carbocycles. The maximum absolute atomic E-state index is 13.0. The van der Waals surface area contributed by atoms with Crippen molar-refractivity contribution in [1.82, 2.24) is 10.6 Å². The zero-order valence-corrected chi connectivity index (χ0v) is 19.6. The van der Waals surface area contributed by atoms with Crippen molar-refractivity contribution in [2.45, 2.75) is 31.8 Å². The van der Waals surface area contributed by atoms with E-state index in [1.165, 1.54) is 0 Å². The second kappa shape index (κ2) is 10.4. The van der Waals surface area contributed by atoms with Crippen molar-refractivity contribution in [2.24, 2.45) is 5.92 Å². The third kappa shape index (κ3) is 5.19. The Kier molecular flexibility index (Phi) is 7.15. The molecule has 3 N–H and O–H groups in total. The number of fused-ring (bicyclic) bond motifs is 3. The van der Waals surface area contributed by atoms with Gasteiger partial charge in [-0.15, -0.1) is 0 Å². The fourth-order valence-electron chi connectivity index (χ4n) is 4.45. The van der Waals surface area contributed by atoms with Gasteiger partial charge in [0.2, 0.25) is 5.91 Å². The van der Waals surface area contributed by atoms with Crippen molar-refractivity contribution in [2.75, 3.05) is 6.61 Å². The summed E-state index contributed by atoms with van der Waals surface area (Å²) < 4.78 is 5.60. The summed E-state index contributed by atoms with van der Waals surface area (Å²) in [6, 6.07) is 22.5. The van der Waals surface area contributed by atoms with Crippen LogP contribution in [0.25, 0.3) is 11.1 Å². The van der Waals surface area contributed by atoms with Gasteiger partial charge in [0.15, 0.2) is 0 Å². The van der Waals surface area contributed by atoms with Crippen LogP contribution in [0.4, 0.5) is 4.79 Å². The molecule has 1 aliphatic carbocycles. The number of aliphatic carboxylic acids is 1. The summed E-state index contributed by atoms with van der Waals surface area (Å²) >= 11 is 0. The van der Waals surface area contributed by atoms with Gasteiger partial charge in [-0.25, -0.2) is 9.59 Å². The summed E-state index contributed by atoms with van der Waals surface area (Å²) in [5, 5.41) is 14.6. The van der Waals surface area contributed by atoms with Gasteiger partial charge in [0, 0.05) is 5.92 Å². The van der Waals surface area contributed by atoms with Gasteiger partial charge >= 0.3 is 12.1 Å². The Morgan fingerprint density at radius 2 is 1.37 bits per heavy atom. The Bertz CT molecular complexity index is 1180. The highest BCUT2D eigenvalue weighted by Gasteiger charge is 2.32. The van der Waals surface area contributed by atoms with Crippen LogP contribution in [-0.2, 0) is 14.3 Å². The number of rotatable bonds is 8. The van der Waals surface area contributed by atoms with E-state index in [1.807, 2.05) is 36.4 Å². The van der Waals surface area contributed by atoms with Gasteiger partial charge in [0.1, 0.15) is 18.7 Å². The lowest BCUT2D eigenvalue weighted by atomic mass is 9.98. The zero-order valence-electron chi connectivity index (χ0n) is 19.6. The lowest BCUT2D eigenvalue weighted by molar-refractivity contribution is -0.143. The van der Waals surface area contributed by atoms with Gasteiger partial charge in [0.25, 0.3) is 0 Å². The molecule has 0 aliphatic heterocycles. The minimum Gasteiger partial charge on any atom is -0.480 e. The van der Waals surface area contributed by atoms with Crippen LogP contribution >= 0.6 is 0 Å². The predicted molar refractivity (Wildman–Crippen MR) is 132 cm³/mol. The van der Waals surface area contributed by atoms with E-state index in [0.29, 0.717) is 5.56 Å². The third-order valence-corrected chi connectivity index (χ3v) is 6.23. The number of carbonyl (C=O) groups is 3. The standard InChI is InChI=1S/C28H28N2O5/c1-17(2)24(27(32)33)29-26(31)25(18-10-4-3-5-11-18)30-28(34)35-16-23-21-14-8-6-12-19(21)20-13-7-9-15-22(20)23/h3-15,17,23-25H,16H2,1-2H3,(H,29,31)(H,30,34)(H,32,33)/t24-,25?/m0/s1. The molecular weight excluding hydrogens is 444 g/mol. The van der Waals surface area contributed by atoms with Crippen LogP contribution in [0.2, 0.25) is 0 Å². The molecule has 1 aliphatic rings. The fraction of sp³-hybridized carbons (Fsp3) is 0.250. The van der Waals surface area contributed by atoms with E-state index in [0.717, 1.165) is 22.3 Å². The molecule has 0 bridgehead atoms. The highest BCUT2D eigenvalue weighted by atomic mass is 16.5. The van der Waals surface area contributed by atoms with Crippen LogP contribution in [-0.4, -0.2) is 35.7 Å². The van der Waals surface area contributed by atoms with Gasteiger partial charge in [-0.3, -0.25) is 4.79 Å². The maximum Gasteiger partial charge on any atom is 0.408 e. The molecule has 7 nitrogen and oxygen atoms in total. The van der Waals surface area contributed by atoms with Gasteiger partial charge in [-0.2, -0.15) is 0 Å². The summed E-state index contributed by atoms with van der Waals surface area (Å²) in [5.74, 6) is -2.20. The number of carboxylic acids is 1. The minimum absolute atomic E-state index is 0.104. The van der Waals surface area contributed by atoms with E-state index >= 15 is 0 Å². The Morgan fingerprint density at radius 3 is 1.91 bits per heavy atom. The second-order valence-corrected chi connectivity index (χ2v) is 8.88. The van der Waals surface area contributed by atoms with E-state index < -0.39 is 30.1 Å². The molecule has 1 unspecified atom stereocenters. The zero-order chi connectivity index (χ0) is 24.9. The number of hydrogen-bond donors (Lipinski definition) is 3. The highest BCUT2D eigenvalue weighted by Crippen LogP contribution is 2.44. The van der Waals surface area contributed by atoms with Crippen molar-refractivity contribution < 1.29 is 24.2 Å². The van der Waals surface area contributed by atoms with Gasteiger partial charge in [-0.1, -0.05) is 92.7 Å². The van der Waals surface area contributed by atoms with Crippen molar-refractivity contribution in [3.8, 4) is 11.1 Å². The lowest BCUT2D eigenvalue weighted by Gasteiger charge is -2.23. The summed E-state index contributed by atoms with van der Waals surface area (Å²) in [6.07, 6.45) is -0.757. The smallest absolute Gasteiger partial charge is 0.408 e. The van der Waals surface area contributed by atoms with Crippen molar-refractivity contribution >= 4 is 18.0 Å². The molecule has 0 heterocycles. The molecule has 0 fully saturated rings. The minimum atomic E-state index is -1.14. The number of nitrogens with one attached hydrogen (secondary N) is 2. The second-order valence-electron chi connectivity index (χ2n) is 8.88. The molecule has 2 amide bonds.